The van der Waals surface area contributed by atoms with Crippen LogP contribution in [0.25, 0.3) is 0 Å². The van der Waals surface area contributed by atoms with Crippen LogP contribution in [-0.2, 0) is 32.7 Å². The normalized spacial score (nSPS) is 15.2. The van der Waals surface area contributed by atoms with Crippen LogP contribution in [0.1, 0.15) is 27.0 Å². The zero-order chi connectivity index (χ0) is 17.2. The van der Waals surface area contributed by atoms with Gasteiger partial charge in [0.25, 0.3) is 0 Å². The van der Waals surface area contributed by atoms with Crippen molar-refractivity contribution in [1.82, 2.24) is 0 Å². The molecule has 0 bridgehead atoms. The predicted octanol–water partition coefficient (Wildman–Crippen LogP) is 3.66. The molecule has 26 heavy (non-hydrogen) atoms. The van der Waals surface area contributed by atoms with Crippen molar-refractivity contribution in [3.8, 4) is 23.0 Å². The maximum absolute atomic E-state index is 12.5. The smallest absolute Gasteiger partial charge is 0.340 e. The Bertz CT molecular complexity index is 1010. The van der Waals surface area contributed by atoms with E-state index >= 15 is 0 Å². The van der Waals surface area contributed by atoms with Gasteiger partial charge in [-0.2, -0.15) is 0 Å². The molecule has 1 spiro atoms. The number of aromatic hydroxyl groups is 2. The fourth-order valence-electron chi connectivity index (χ4n) is 3.65. The number of ether oxygens (including phenoxy) is 2. The molecule has 0 saturated carbocycles. The summed E-state index contributed by atoms with van der Waals surface area (Å²) in [5, 5.41) is 19.7. The van der Waals surface area contributed by atoms with Gasteiger partial charge in [-0.05, 0) is 30.3 Å². The van der Waals surface area contributed by atoms with Gasteiger partial charge in [0.05, 0.1) is 5.56 Å². The summed E-state index contributed by atoms with van der Waals surface area (Å²) in [6.07, 6.45) is 0. The summed E-state index contributed by atoms with van der Waals surface area (Å²) in [5.74, 6) is 0.408. The van der Waals surface area contributed by atoms with Crippen LogP contribution in [-0.4, -0.2) is 16.2 Å². The van der Waals surface area contributed by atoms with Gasteiger partial charge in [-0.1, -0.05) is 18.2 Å². The molecule has 0 atom stereocenters. The number of carbonyl (C=O) groups is 1. The molecular formula is C20H12O5Ta. The fraction of sp³-hybridized carbons (Fsp3) is 0.0500. The van der Waals surface area contributed by atoms with Crippen molar-refractivity contribution in [1.29, 1.82) is 0 Å². The molecule has 0 aliphatic carbocycles. The van der Waals surface area contributed by atoms with E-state index in [4.69, 9.17) is 9.47 Å². The third-order valence-electron chi connectivity index (χ3n) is 4.68. The Balaban J connectivity index is 0.00000168. The van der Waals surface area contributed by atoms with E-state index < -0.39 is 11.6 Å². The molecule has 1 radical (unpaired) electrons. The maximum Gasteiger partial charge on any atom is 0.340 e. The van der Waals surface area contributed by atoms with E-state index in [0.29, 0.717) is 33.8 Å². The number of benzene rings is 3. The number of phenolic OH excluding ortho intramolecular Hbond substituents is 2. The number of carbonyl (C=O) groups excluding carboxylic acids is 1. The van der Waals surface area contributed by atoms with Gasteiger partial charge in [0.1, 0.15) is 23.0 Å². The number of fused-ring (bicyclic) bond motifs is 6. The Morgan fingerprint density at radius 3 is 1.96 bits per heavy atom. The van der Waals surface area contributed by atoms with Crippen LogP contribution >= 0.6 is 0 Å². The summed E-state index contributed by atoms with van der Waals surface area (Å²) in [6.45, 7) is 0. The van der Waals surface area contributed by atoms with Crippen LogP contribution in [0.15, 0.2) is 60.7 Å². The van der Waals surface area contributed by atoms with Gasteiger partial charge in [0.2, 0.25) is 0 Å². The monoisotopic (exact) mass is 513 g/mol. The minimum atomic E-state index is -1.17. The van der Waals surface area contributed by atoms with Crippen LogP contribution < -0.4 is 4.74 Å². The first-order chi connectivity index (χ1) is 12.1. The molecule has 2 heterocycles. The fourth-order valence-corrected chi connectivity index (χ4v) is 3.65. The average Bonchev–Trinajstić information content (AvgIpc) is 2.88. The van der Waals surface area contributed by atoms with E-state index in [1.807, 2.05) is 12.1 Å². The maximum atomic E-state index is 12.5. The summed E-state index contributed by atoms with van der Waals surface area (Å²) in [5.41, 5.74) is 1.28. The molecule has 6 heteroatoms. The van der Waals surface area contributed by atoms with Gasteiger partial charge in [-0.3, -0.25) is 0 Å². The molecule has 0 fully saturated rings. The minimum absolute atomic E-state index is 0. The van der Waals surface area contributed by atoms with Crippen molar-refractivity contribution in [2.24, 2.45) is 0 Å². The first-order valence-electron chi connectivity index (χ1n) is 7.77. The van der Waals surface area contributed by atoms with Crippen LogP contribution in [0.5, 0.6) is 23.0 Å². The van der Waals surface area contributed by atoms with Crippen molar-refractivity contribution < 1.29 is 46.9 Å². The number of esters is 1. The summed E-state index contributed by atoms with van der Waals surface area (Å²) in [4.78, 5) is 12.5. The molecule has 5 rings (SSSR count). The number of rotatable bonds is 0. The summed E-state index contributed by atoms with van der Waals surface area (Å²) in [6, 6.07) is 16.6. The molecule has 3 aromatic carbocycles. The summed E-state index contributed by atoms with van der Waals surface area (Å²) < 4.78 is 11.8. The third-order valence-corrected chi connectivity index (χ3v) is 4.68. The first kappa shape index (κ1) is 16.7. The van der Waals surface area contributed by atoms with Crippen LogP contribution in [0.2, 0.25) is 0 Å². The minimum Gasteiger partial charge on any atom is -0.508 e. The molecule has 5 nitrogen and oxygen atoms in total. The Labute approximate surface area is 164 Å². The summed E-state index contributed by atoms with van der Waals surface area (Å²) in [7, 11) is 0. The van der Waals surface area contributed by atoms with E-state index in [1.54, 1.807) is 24.3 Å². The molecule has 3 aromatic rings. The zero-order valence-electron chi connectivity index (χ0n) is 13.3. The van der Waals surface area contributed by atoms with E-state index in [-0.39, 0.29) is 33.9 Å². The molecule has 0 saturated heterocycles. The van der Waals surface area contributed by atoms with E-state index in [0.717, 1.165) is 0 Å². The Morgan fingerprint density at radius 1 is 0.769 bits per heavy atom. The molecule has 0 amide bonds. The Hall–Kier alpha value is -2.73. The molecule has 0 aromatic heterocycles. The van der Waals surface area contributed by atoms with Gasteiger partial charge in [-0.25, -0.2) is 4.79 Å². The van der Waals surface area contributed by atoms with Crippen molar-refractivity contribution in [2.45, 2.75) is 5.60 Å². The van der Waals surface area contributed by atoms with Crippen molar-refractivity contribution in [3.05, 3.63) is 82.9 Å². The van der Waals surface area contributed by atoms with Crippen LogP contribution in [0, 0.1) is 0 Å². The molecular weight excluding hydrogens is 501 g/mol. The molecule has 2 aliphatic rings. The first-order valence-corrected chi connectivity index (χ1v) is 7.77. The predicted molar refractivity (Wildman–Crippen MR) is 88.0 cm³/mol. The van der Waals surface area contributed by atoms with Gasteiger partial charge in [-0.15, -0.1) is 0 Å². The zero-order valence-corrected chi connectivity index (χ0v) is 16.6. The number of hydrogen-bond acceptors (Lipinski definition) is 5. The van der Waals surface area contributed by atoms with E-state index in [2.05, 4.69) is 0 Å². The standard InChI is InChI=1S/C20H12O5.Ta/c21-11-5-7-15-17(9-11)24-18-10-12(22)6-8-16(18)20(15)14-4-2-1-3-13(14)19(23)25-20;/h1-10,21-22H;. The quantitative estimate of drug-likeness (QED) is 0.449. The number of hydrogen-bond donors (Lipinski definition) is 2. The van der Waals surface area contributed by atoms with Crippen LogP contribution in [0.3, 0.4) is 0 Å². The summed E-state index contributed by atoms with van der Waals surface area (Å²) >= 11 is 0. The van der Waals surface area contributed by atoms with E-state index in [1.165, 1.54) is 24.3 Å². The van der Waals surface area contributed by atoms with Gasteiger partial charge in [0.15, 0.2) is 5.60 Å². The number of phenols is 2. The topological polar surface area (TPSA) is 76.0 Å². The van der Waals surface area contributed by atoms with Gasteiger partial charge < -0.3 is 19.7 Å². The Morgan fingerprint density at radius 2 is 1.35 bits per heavy atom. The Kier molecular flexibility index (Phi) is 3.63. The van der Waals surface area contributed by atoms with Gasteiger partial charge in [0, 0.05) is 51.2 Å². The SMILES string of the molecule is O=C1OC2(c3ccc(O)cc3Oc3cc(O)ccc32)c2ccccc21.[Ta]. The molecule has 2 N–H and O–H groups in total. The molecule has 0 unspecified atom stereocenters. The third kappa shape index (κ3) is 2.05. The largest absolute Gasteiger partial charge is 0.508 e. The van der Waals surface area contributed by atoms with Crippen molar-refractivity contribution in [2.75, 3.05) is 0 Å². The van der Waals surface area contributed by atoms with E-state index in [9.17, 15) is 15.0 Å². The molecule has 2 aliphatic heterocycles. The second kappa shape index (κ2) is 5.64. The van der Waals surface area contributed by atoms with Gasteiger partial charge >= 0.3 is 5.97 Å². The van der Waals surface area contributed by atoms with Crippen molar-refractivity contribution >= 4 is 5.97 Å². The second-order valence-corrected chi connectivity index (χ2v) is 6.08. The molecule has 127 valence electrons. The van der Waals surface area contributed by atoms with Crippen molar-refractivity contribution in [3.63, 3.8) is 0 Å². The van der Waals surface area contributed by atoms with Crippen LogP contribution in [0.4, 0.5) is 0 Å². The average molecular weight is 513 g/mol. The second-order valence-electron chi connectivity index (χ2n) is 6.08.